The molecule has 0 radical (unpaired) electrons. The lowest BCUT2D eigenvalue weighted by molar-refractivity contribution is -0.138. The minimum Gasteiger partial charge on any atom is -0.493 e. The van der Waals surface area contributed by atoms with Gasteiger partial charge in [-0.25, -0.2) is 4.98 Å². The highest BCUT2D eigenvalue weighted by molar-refractivity contribution is 5.77. The number of hydrogen-bond donors (Lipinski definition) is 1. The van der Waals surface area contributed by atoms with Gasteiger partial charge < -0.3 is 33.5 Å². The predicted octanol–water partition coefficient (Wildman–Crippen LogP) is 3.02. The fraction of sp³-hybridized carbons (Fsp3) is 0.484. The first-order chi connectivity index (χ1) is 19.9. The topological polar surface area (TPSA) is 98.5 Å². The Morgan fingerprint density at radius 1 is 1.05 bits per heavy atom. The van der Waals surface area contributed by atoms with Crippen molar-refractivity contribution in [2.45, 2.75) is 38.5 Å². The summed E-state index contributed by atoms with van der Waals surface area (Å²) in [4.78, 5) is 20.9. The van der Waals surface area contributed by atoms with Gasteiger partial charge in [0.2, 0.25) is 5.91 Å². The molecule has 41 heavy (non-hydrogen) atoms. The van der Waals surface area contributed by atoms with E-state index in [0.717, 1.165) is 30.8 Å². The summed E-state index contributed by atoms with van der Waals surface area (Å²) >= 11 is 0. The summed E-state index contributed by atoms with van der Waals surface area (Å²) in [5.41, 5.74) is -0.252. The van der Waals surface area contributed by atoms with Crippen molar-refractivity contribution in [3.8, 4) is 17.2 Å². The molecule has 2 aromatic carbocycles. The summed E-state index contributed by atoms with van der Waals surface area (Å²) in [6, 6.07) is 15.3. The van der Waals surface area contributed by atoms with Crippen molar-refractivity contribution in [1.29, 1.82) is 0 Å². The number of β-amino-alcohol motifs (C(OH)–C–C–N with tert-alkyl or cyclic N) is 1. The normalized spacial score (nSPS) is 17.7. The zero-order valence-electron chi connectivity index (χ0n) is 24.3. The summed E-state index contributed by atoms with van der Waals surface area (Å²) in [5, 5.41) is 11.7. The number of aliphatic hydroxyl groups is 1. The Morgan fingerprint density at radius 2 is 1.88 bits per heavy atom. The Balaban J connectivity index is 1.42. The molecule has 1 amide bonds. The van der Waals surface area contributed by atoms with Crippen LogP contribution in [0.25, 0.3) is 0 Å². The lowest BCUT2D eigenvalue weighted by Crippen LogP contribution is -2.52. The number of rotatable bonds is 14. The summed E-state index contributed by atoms with van der Waals surface area (Å²) in [6.45, 7) is 5.62. The van der Waals surface area contributed by atoms with Gasteiger partial charge in [0, 0.05) is 58.6 Å². The number of ether oxygens (including phenoxy) is 4. The van der Waals surface area contributed by atoms with E-state index in [0.29, 0.717) is 50.0 Å². The van der Waals surface area contributed by atoms with E-state index in [1.54, 1.807) is 12.0 Å². The van der Waals surface area contributed by atoms with Gasteiger partial charge in [0.15, 0.2) is 11.5 Å². The Bertz CT molecular complexity index is 1240. The van der Waals surface area contributed by atoms with Gasteiger partial charge in [0.1, 0.15) is 30.4 Å². The third-order valence-electron chi connectivity index (χ3n) is 7.11. The van der Waals surface area contributed by atoms with Gasteiger partial charge in [0.25, 0.3) is 0 Å². The average molecular weight is 567 g/mol. The summed E-state index contributed by atoms with van der Waals surface area (Å²) in [7, 11) is 3.13. The van der Waals surface area contributed by atoms with Crippen LogP contribution in [0.15, 0.2) is 60.9 Å². The minimum absolute atomic E-state index is 0.0323. The minimum atomic E-state index is -1.27. The van der Waals surface area contributed by atoms with E-state index in [9.17, 15) is 9.90 Å². The lowest BCUT2D eigenvalue weighted by atomic mass is 10.0. The SMILES string of the molecule is CCc1nccn1CCCOc1cc(CN2CCN(C(=O)COC)C[C@](O)(COc3ccccc3)C2)ccc1OC. The van der Waals surface area contributed by atoms with Crippen molar-refractivity contribution in [2.75, 3.05) is 60.2 Å². The summed E-state index contributed by atoms with van der Waals surface area (Å²) < 4.78 is 24.9. The van der Waals surface area contributed by atoms with E-state index in [1.807, 2.05) is 60.9 Å². The Hall–Kier alpha value is -3.60. The number of carbonyl (C=O) groups excluding carboxylic acids is 1. The van der Waals surface area contributed by atoms with Gasteiger partial charge in [-0.3, -0.25) is 9.69 Å². The first kappa shape index (κ1) is 30.4. The monoisotopic (exact) mass is 566 g/mol. The molecule has 1 atom stereocenters. The lowest BCUT2D eigenvalue weighted by Gasteiger charge is -2.33. The molecular weight excluding hydrogens is 524 g/mol. The fourth-order valence-electron chi connectivity index (χ4n) is 5.10. The molecular formula is C31H42N4O6. The number of methoxy groups -OCH3 is 2. The van der Waals surface area contributed by atoms with Gasteiger partial charge in [0.05, 0.1) is 20.3 Å². The van der Waals surface area contributed by atoms with Gasteiger partial charge in [-0.05, 0) is 36.2 Å². The molecule has 3 aromatic rings. The predicted molar refractivity (Wildman–Crippen MR) is 155 cm³/mol. The van der Waals surface area contributed by atoms with Gasteiger partial charge in [-0.1, -0.05) is 31.2 Å². The number of amides is 1. The molecule has 1 aromatic heterocycles. The van der Waals surface area contributed by atoms with E-state index in [1.165, 1.54) is 7.11 Å². The molecule has 10 heteroatoms. The molecule has 1 saturated heterocycles. The Labute approximate surface area is 242 Å². The van der Waals surface area contributed by atoms with Crippen LogP contribution in [0.1, 0.15) is 24.7 Å². The van der Waals surface area contributed by atoms with Crippen molar-refractivity contribution in [2.24, 2.45) is 0 Å². The summed E-state index contributed by atoms with van der Waals surface area (Å²) in [6.07, 6.45) is 5.56. The maximum atomic E-state index is 12.7. The number of aryl methyl sites for hydroxylation is 2. The zero-order chi connectivity index (χ0) is 29.1. The number of imidazole rings is 1. The van der Waals surface area contributed by atoms with Crippen LogP contribution in [0.2, 0.25) is 0 Å². The maximum absolute atomic E-state index is 12.7. The van der Waals surface area contributed by atoms with Crippen LogP contribution in [-0.2, 0) is 29.0 Å². The second kappa shape index (κ2) is 14.9. The number of para-hydroxylation sites is 1. The molecule has 4 rings (SSSR count). The highest BCUT2D eigenvalue weighted by atomic mass is 16.5. The standard InChI is InChI=1S/C31H42N4O6/c1-4-29-32-13-15-34(29)14-8-18-40-28-19-25(11-12-27(28)39-3)20-33-16-17-35(30(36)21-38-2)23-31(37,22-33)24-41-26-9-6-5-7-10-26/h5-7,9-13,15,19,37H,4,8,14,16-18,20-24H2,1-3H3/t31-/m0/s1. The van der Waals surface area contributed by atoms with E-state index >= 15 is 0 Å². The molecule has 222 valence electrons. The highest BCUT2D eigenvalue weighted by Gasteiger charge is 2.37. The second-order valence-electron chi connectivity index (χ2n) is 10.4. The Kier molecular flexibility index (Phi) is 11.0. The van der Waals surface area contributed by atoms with Crippen LogP contribution in [0.3, 0.4) is 0 Å². The third-order valence-corrected chi connectivity index (χ3v) is 7.11. The van der Waals surface area contributed by atoms with E-state index in [2.05, 4.69) is 21.4 Å². The largest absolute Gasteiger partial charge is 0.493 e. The first-order valence-electron chi connectivity index (χ1n) is 14.1. The van der Waals surface area contributed by atoms with Crippen molar-refractivity contribution < 1.29 is 28.8 Å². The Morgan fingerprint density at radius 3 is 2.63 bits per heavy atom. The van der Waals surface area contributed by atoms with E-state index < -0.39 is 5.60 Å². The van der Waals surface area contributed by atoms with Crippen LogP contribution in [0.5, 0.6) is 17.2 Å². The highest BCUT2D eigenvalue weighted by Crippen LogP contribution is 2.29. The first-order valence-corrected chi connectivity index (χ1v) is 14.1. The number of benzene rings is 2. The molecule has 1 aliphatic heterocycles. The molecule has 0 spiro atoms. The quantitative estimate of drug-likeness (QED) is 0.298. The molecule has 0 aliphatic carbocycles. The van der Waals surface area contributed by atoms with Crippen LogP contribution < -0.4 is 14.2 Å². The molecule has 1 fully saturated rings. The number of hydrogen-bond acceptors (Lipinski definition) is 8. The number of nitrogens with zero attached hydrogens (tertiary/aromatic N) is 4. The fourth-order valence-corrected chi connectivity index (χ4v) is 5.10. The van der Waals surface area contributed by atoms with Gasteiger partial charge in [-0.2, -0.15) is 0 Å². The van der Waals surface area contributed by atoms with Crippen molar-refractivity contribution in [3.63, 3.8) is 0 Å². The third kappa shape index (κ3) is 8.69. The van der Waals surface area contributed by atoms with Crippen LogP contribution in [-0.4, -0.2) is 96.2 Å². The van der Waals surface area contributed by atoms with Crippen LogP contribution in [0, 0.1) is 0 Å². The molecule has 0 saturated carbocycles. The van der Waals surface area contributed by atoms with E-state index in [4.69, 9.17) is 18.9 Å². The maximum Gasteiger partial charge on any atom is 0.248 e. The second-order valence-corrected chi connectivity index (χ2v) is 10.4. The molecule has 0 unspecified atom stereocenters. The number of aromatic nitrogens is 2. The molecule has 1 N–H and O–H groups in total. The zero-order valence-corrected chi connectivity index (χ0v) is 24.3. The smallest absolute Gasteiger partial charge is 0.248 e. The van der Waals surface area contributed by atoms with Crippen LogP contribution in [0.4, 0.5) is 0 Å². The van der Waals surface area contributed by atoms with Crippen molar-refractivity contribution in [3.05, 3.63) is 72.3 Å². The van der Waals surface area contributed by atoms with Crippen molar-refractivity contribution in [1.82, 2.24) is 19.4 Å². The van der Waals surface area contributed by atoms with Gasteiger partial charge >= 0.3 is 0 Å². The molecule has 2 heterocycles. The average Bonchev–Trinajstić information content (AvgIpc) is 3.37. The van der Waals surface area contributed by atoms with Crippen LogP contribution >= 0.6 is 0 Å². The molecule has 1 aliphatic rings. The van der Waals surface area contributed by atoms with Gasteiger partial charge in [-0.15, -0.1) is 0 Å². The van der Waals surface area contributed by atoms with E-state index in [-0.39, 0.29) is 25.7 Å². The summed E-state index contributed by atoms with van der Waals surface area (Å²) in [5.74, 6) is 2.93. The van der Waals surface area contributed by atoms with Crippen molar-refractivity contribution >= 4 is 5.91 Å². The molecule has 10 nitrogen and oxygen atoms in total. The number of carbonyl (C=O) groups is 1. The molecule has 0 bridgehead atoms.